The lowest BCUT2D eigenvalue weighted by Crippen LogP contribution is -2.64. The van der Waals surface area contributed by atoms with Gasteiger partial charge in [-0.3, -0.25) is 0 Å². The fourth-order valence-electron chi connectivity index (χ4n) is 28.8. The number of ether oxygens (including phenoxy) is 3. The van der Waals surface area contributed by atoms with Crippen molar-refractivity contribution in [3.63, 3.8) is 0 Å². The molecule has 11 aromatic rings. The van der Waals surface area contributed by atoms with Crippen molar-refractivity contribution in [3.05, 3.63) is 184 Å². The Labute approximate surface area is 625 Å². The Kier molecular flexibility index (Phi) is 11.6. The van der Waals surface area contributed by atoms with Crippen LogP contribution in [0.25, 0.3) is 20.2 Å². The van der Waals surface area contributed by atoms with Crippen molar-refractivity contribution in [1.82, 2.24) is 0 Å². The zero-order valence-electron chi connectivity index (χ0n) is 61.3. The summed E-state index contributed by atoms with van der Waals surface area (Å²) >= 11 is 3.90. The van der Waals surface area contributed by atoms with E-state index < -0.39 is 0 Å². The second kappa shape index (κ2) is 20.4. The minimum Gasteiger partial charge on any atom is -0.458 e. The molecule has 105 heavy (non-hydrogen) atoms. The van der Waals surface area contributed by atoms with E-state index in [2.05, 4.69) is 190 Å². The highest BCUT2D eigenvalue weighted by atomic mass is 32.1. The third kappa shape index (κ3) is 8.01. The van der Waals surface area contributed by atoms with Gasteiger partial charge in [-0.1, -0.05) is 71.8 Å². The second-order valence-electron chi connectivity index (χ2n) is 37.8. The number of hydrogen-bond donors (Lipinski definition) is 1. The monoisotopic (exact) mass is 1400 g/mol. The summed E-state index contributed by atoms with van der Waals surface area (Å²) in [5.41, 5.74) is 32.1. The quantitative estimate of drug-likeness (QED) is 0.173. The van der Waals surface area contributed by atoms with Crippen LogP contribution in [0.5, 0.6) is 34.5 Å². The fraction of sp³-hybridized carbons (Fsp3) is 0.383. The van der Waals surface area contributed by atoms with Crippen molar-refractivity contribution < 1.29 is 14.2 Å². The lowest BCUT2D eigenvalue weighted by atomic mass is 9.30. The lowest BCUT2D eigenvalue weighted by Gasteiger charge is -2.57. The van der Waals surface area contributed by atoms with Crippen molar-refractivity contribution in [2.75, 3.05) is 15.1 Å². The number of fused-ring (bicyclic) bond motifs is 16. The van der Waals surface area contributed by atoms with Crippen LogP contribution >= 0.6 is 22.7 Å². The van der Waals surface area contributed by atoms with E-state index in [0.717, 1.165) is 87.8 Å². The average molecular weight is 1400 g/mol. The zero-order chi connectivity index (χ0) is 68.9. The molecule has 12 aliphatic carbocycles. The molecule has 0 atom stereocenters. The molecule has 12 bridgehead atoms. The van der Waals surface area contributed by atoms with Crippen LogP contribution in [0.2, 0.25) is 0 Å². The van der Waals surface area contributed by atoms with Crippen molar-refractivity contribution >= 4 is 156 Å². The molecule has 8 heterocycles. The number of aryl methyl sites for hydroxylation is 6. The third-order valence-electron chi connectivity index (χ3n) is 31.1. The molecule has 0 amide bonds. The maximum Gasteiger partial charge on any atom is 0.268 e. The van der Waals surface area contributed by atoms with E-state index in [0.29, 0.717) is 0 Å². The van der Waals surface area contributed by atoms with Gasteiger partial charge in [-0.05, 0) is 371 Å². The Morgan fingerprint density at radius 3 is 1.20 bits per heavy atom. The lowest BCUT2D eigenvalue weighted by molar-refractivity contribution is -0.00534. The molecule has 0 unspecified atom stereocenters. The van der Waals surface area contributed by atoms with Gasteiger partial charge in [-0.2, -0.15) is 0 Å². The SMILES string of the molecule is Cc1cc(C)c(N2c3cc4c(cc3B3c5cc6c(cc5Oc5cc(C78CC9CC(CC(C9)C7)C8)cc2c53)N(c2c(C)cc(C)cc2C)c2cc(C35CC7CC(CC(C7)C3)C5)cc3c2B6c2sc5ccccc5c2O3)B2c3sc5ccccc5c3Oc3cc(C56CC7CC(CC(C7)C5)C6)cc(c32)N4)c(C)c1. The first-order chi connectivity index (χ1) is 51.2. The molecular formula is C94H86B3N3O3S2. The molecular weight excluding hydrogens is 1320 g/mol. The van der Waals surface area contributed by atoms with Gasteiger partial charge in [0.2, 0.25) is 0 Å². The van der Waals surface area contributed by atoms with Gasteiger partial charge in [0.25, 0.3) is 20.1 Å². The van der Waals surface area contributed by atoms with Crippen LogP contribution in [0.15, 0.2) is 133 Å². The Morgan fingerprint density at radius 2 is 0.733 bits per heavy atom. The van der Waals surface area contributed by atoms with Crippen molar-refractivity contribution in [2.45, 2.75) is 173 Å². The van der Waals surface area contributed by atoms with Gasteiger partial charge in [-0.25, -0.2) is 0 Å². The molecule has 6 aliphatic heterocycles. The predicted octanol–water partition coefficient (Wildman–Crippen LogP) is 18.9. The zero-order valence-corrected chi connectivity index (χ0v) is 62.9. The Balaban J connectivity index is 0.751. The summed E-state index contributed by atoms with van der Waals surface area (Å²) in [6, 6.07) is 54.6. The number of hydrogen-bond acceptors (Lipinski definition) is 8. The number of benzene rings is 9. The highest BCUT2D eigenvalue weighted by molar-refractivity contribution is 7.34. The Bertz CT molecular complexity index is 5710. The molecule has 18 aliphatic rings. The van der Waals surface area contributed by atoms with Gasteiger partial charge >= 0.3 is 0 Å². The minimum atomic E-state index is -0.171. The first-order valence-electron chi connectivity index (χ1n) is 40.7. The number of rotatable bonds is 5. The van der Waals surface area contributed by atoms with Crippen molar-refractivity contribution in [1.29, 1.82) is 0 Å². The number of nitrogens with one attached hydrogen (secondary N) is 1. The summed E-state index contributed by atoms with van der Waals surface area (Å²) in [5.74, 6) is 13.5. The average Bonchev–Trinajstić information content (AvgIpc) is 1.68. The molecule has 12 saturated carbocycles. The van der Waals surface area contributed by atoms with Crippen LogP contribution in [-0.4, -0.2) is 20.1 Å². The van der Waals surface area contributed by atoms with Crippen LogP contribution < -0.4 is 77.1 Å². The first kappa shape index (κ1) is 60.0. The fourth-order valence-corrected chi connectivity index (χ4v) is 31.3. The molecule has 0 saturated heterocycles. The summed E-state index contributed by atoms with van der Waals surface area (Å²) in [4.78, 5) is 5.53. The smallest absolute Gasteiger partial charge is 0.268 e. The highest BCUT2D eigenvalue weighted by Crippen LogP contribution is 2.66. The Hall–Kier alpha value is -8.11. The minimum absolute atomic E-state index is 0.0389. The van der Waals surface area contributed by atoms with Gasteiger partial charge < -0.3 is 29.3 Å². The van der Waals surface area contributed by atoms with E-state index in [1.54, 1.807) is 0 Å². The van der Waals surface area contributed by atoms with Crippen LogP contribution in [0.4, 0.5) is 45.5 Å². The maximum atomic E-state index is 8.24. The molecule has 29 rings (SSSR count). The van der Waals surface area contributed by atoms with Crippen molar-refractivity contribution in [3.8, 4) is 34.5 Å². The van der Waals surface area contributed by atoms with Gasteiger partial charge in [0.15, 0.2) is 0 Å². The van der Waals surface area contributed by atoms with Gasteiger partial charge in [0, 0.05) is 69.9 Å². The first-order valence-corrected chi connectivity index (χ1v) is 42.3. The van der Waals surface area contributed by atoms with E-state index in [4.69, 9.17) is 14.2 Å². The standard InChI is InChI=1S/C94H86B3N3O3S2/c1-47-15-49(3)86(50(4)16-47)99-73-36-71-67(96-83-72(98-71)28-62(92-38-53-19-54(39-92)21-55(20-53)40-92)31-78(83)102-88-65-11-7-9-13-81(65)104-90(88)96)34-68(73)95-70-35-69-74(37-77(70)101-79-32-63(29-75(99)84(79)95)93-41-56-22-57(42-93)24-58(23-56)43-93)100(87-51(5)17-48(2)18-52(87)6)76-30-64(94-44-59-25-60(45-94)27-61(26-59)46-94)33-80-85(76)97(69)91-89(103-80)66-12-8-10-14-82(66)105-91/h7-18,28-37,53-61,98H,19-27,38-46H2,1-6H3. The topological polar surface area (TPSA) is 46.2 Å². The molecule has 0 radical (unpaired) electrons. The van der Waals surface area contributed by atoms with E-state index >= 15 is 0 Å². The predicted molar refractivity (Wildman–Crippen MR) is 438 cm³/mol. The number of thiophene rings is 2. The van der Waals surface area contributed by atoms with Crippen LogP contribution in [0, 0.1) is 94.8 Å². The maximum absolute atomic E-state index is 8.24. The Morgan fingerprint density at radius 1 is 0.352 bits per heavy atom. The molecule has 9 aromatic carbocycles. The summed E-state index contributed by atoms with van der Waals surface area (Å²) in [6.07, 6.45) is 24.3. The molecule has 11 heteroatoms. The highest BCUT2D eigenvalue weighted by Gasteiger charge is 2.58. The molecule has 0 spiro atoms. The van der Waals surface area contributed by atoms with Crippen LogP contribution in [0.1, 0.15) is 166 Å². The molecule has 1 N–H and O–H groups in total. The summed E-state index contributed by atoms with van der Waals surface area (Å²) < 4.78 is 28.8. The van der Waals surface area contributed by atoms with Gasteiger partial charge in [0.1, 0.15) is 34.5 Å². The largest absolute Gasteiger partial charge is 0.458 e. The van der Waals surface area contributed by atoms with E-state index in [9.17, 15) is 0 Å². The van der Waals surface area contributed by atoms with Crippen LogP contribution in [0.3, 0.4) is 0 Å². The number of nitrogens with zero attached hydrogens (tertiary/aromatic N) is 2. The summed E-state index contributed by atoms with van der Waals surface area (Å²) in [7, 11) is 0. The van der Waals surface area contributed by atoms with Gasteiger partial charge in [0.05, 0.1) is 11.4 Å². The van der Waals surface area contributed by atoms with E-state index in [1.165, 1.54) is 279 Å². The molecule has 516 valence electrons. The molecule has 12 fully saturated rings. The van der Waals surface area contributed by atoms with E-state index in [1.807, 2.05) is 22.7 Å². The molecule has 2 aromatic heterocycles. The normalized spacial score (nSPS) is 29.4. The summed E-state index contributed by atoms with van der Waals surface area (Å²) in [5, 5.41) is 6.85. The second-order valence-corrected chi connectivity index (χ2v) is 39.9. The van der Waals surface area contributed by atoms with Crippen molar-refractivity contribution in [2.24, 2.45) is 53.3 Å². The summed E-state index contributed by atoms with van der Waals surface area (Å²) in [6.45, 7) is 13.8. The van der Waals surface area contributed by atoms with E-state index in [-0.39, 0.29) is 36.4 Å². The van der Waals surface area contributed by atoms with Crippen LogP contribution in [-0.2, 0) is 16.2 Å². The number of anilines is 8. The molecule has 6 nitrogen and oxygen atoms in total. The van der Waals surface area contributed by atoms with Gasteiger partial charge in [-0.15, -0.1) is 22.7 Å². The third-order valence-corrected chi connectivity index (χ3v) is 33.5.